The molecule has 1 saturated heterocycles. The molecule has 1 amide bonds. The highest BCUT2D eigenvalue weighted by atomic mass is 32.2. The van der Waals surface area contributed by atoms with Crippen LogP contribution in [0.25, 0.3) is 0 Å². The summed E-state index contributed by atoms with van der Waals surface area (Å²) in [5.74, 6) is 0.144. The van der Waals surface area contributed by atoms with Gasteiger partial charge in [-0.05, 0) is 6.92 Å². The van der Waals surface area contributed by atoms with E-state index in [2.05, 4.69) is 6.58 Å². The fourth-order valence-electron chi connectivity index (χ4n) is 1.52. The zero-order valence-electron chi connectivity index (χ0n) is 9.09. The highest BCUT2D eigenvalue weighted by molar-refractivity contribution is 7.99. The largest absolute Gasteiger partial charge is 0.480 e. The zero-order chi connectivity index (χ0) is 12.1. The molecule has 1 N–H and O–H groups in total. The van der Waals surface area contributed by atoms with Crippen molar-refractivity contribution in [1.82, 2.24) is 4.90 Å². The van der Waals surface area contributed by atoms with Crippen LogP contribution in [0.3, 0.4) is 0 Å². The minimum absolute atomic E-state index is 0.0987. The summed E-state index contributed by atoms with van der Waals surface area (Å²) in [5.41, 5.74) is 0. The minimum Gasteiger partial charge on any atom is -0.480 e. The van der Waals surface area contributed by atoms with Crippen LogP contribution < -0.4 is 0 Å². The van der Waals surface area contributed by atoms with E-state index in [0.29, 0.717) is 5.75 Å². The normalized spacial score (nSPS) is 24.9. The zero-order valence-corrected chi connectivity index (χ0v) is 9.90. The second-order valence-electron chi connectivity index (χ2n) is 3.51. The van der Waals surface area contributed by atoms with Crippen LogP contribution in [-0.4, -0.2) is 52.3 Å². The molecule has 6 heteroatoms. The minimum atomic E-state index is -0.991. The molecule has 2 unspecified atom stereocenters. The molecule has 1 rings (SSSR count). The molecule has 0 aromatic rings. The maximum atomic E-state index is 11.7. The summed E-state index contributed by atoms with van der Waals surface area (Å²) in [6, 6.07) is -0.928. The molecule has 1 fully saturated rings. The van der Waals surface area contributed by atoms with Crippen molar-refractivity contribution in [3.05, 3.63) is 12.7 Å². The Kier molecular flexibility index (Phi) is 4.67. The number of ether oxygens (including phenoxy) is 1. The summed E-state index contributed by atoms with van der Waals surface area (Å²) in [6.07, 6.45) is 0.872. The van der Waals surface area contributed by atoms with E-state index in [1.807, 2.05) is 6.92 Å². The van der Waals surface area contributed by atoms with Crippen LogP contribution >= 0.6 is 11.8 Å². The monoisotopic (exact) mass is 245 g/mol. The van der Waals surface area contributed by atoms with Crippen molar-refractivity contribution in [3.63, 3.8) is 0 Å². The molecule has 90 valence electrons. The molecule has 5 nitrogen and oxygen atoms in total. The second kappa shape index (κ2) is 5.79. The predicted octanol–water partition coefficient (Wildman–Crippen LogP) is 1.20. The molecule has 0 radical (unpaired) electrons. The predicted molar refractivity (Wildman–Crippen MR) is 61.6 cm³/mol. The number of rotatable bonds is 3. The lowest BCUT2D eigenvalue weighted by Crippen LogP contribution is -2.54. The first-order valence-corrected chi connectivity index (χ1v) is 6.10. The molecule has 0 aromatic heterocycles. The Bertz CT molecular complexity index is 295. The third-order valence-electron chi connectivity index (χ3n) is 2.27. The van der Waals surface area contributed by atoms with Gasteiger partial charge in [0.05, 0.1) is 0 Å². The summed E-state index contributed by atoms with van der Waals surface area (Å²) in [7, 11) is 0. The van der Waals surface area contributed by atoms with Crippen LogP contribution in [0, 0.1) is 0 Å². The standard InChI is InChI=1S/C10H15NO4S/c1-3-4-15-10(14)11-7(2)5-16-6-8(11)9(12)13/h3,7-8H,1,4-6H2,2H3,(H,12,13). The maximum absolute atomic E-state index is 11.7. The van der Waals surface area contributed by atoms with E-state index in [1.54, 1.807) is 0 Å². The molecule has 2 atom stereocenters. The van der Waals surface area contributed by atoms with Crippen LogP contribution in [0.4, 0.5) is 4.79 Å². The third-order valence-corrected chi connectivity index (χ3v) is 3.54. The molecule has 0 aromatic carbocycles. The third kappa shape index (κ3) is 2.91. The molecule has 0 bridgehead atoms. The van der Waals surface area contributed by atoms with E-state index in [4.69, 9.17) is 9.84 Å². The van der Waals surface area contributed by atoms with Gasteiger partial charge in [0.15, 0.2) is 0 Å². The number of carbonyl (C=O) groups excluding carboxylic acids is 1. The van der Waals surface area contributed by atoms with Crippen molar-refractivity contribution in [3.8, 4) is 0 Å². The average Bonchev–Trinajstić information content (AvgIpc) is 2.25. The molecular formula is C10H15NO4S. The number of hydrogen-bond donors (Lipinski definition) is 1. The van der Waals surface area contributed by atoms with Gasteiger partial charge in [0, 0.05) is 17.5 Å². The summed E-state index contributed by atoms with van der Waals surface area (Å²) < 4.78 is 4.88. The topological polar surface area (TPSA) is 66.8 Å². The molecule has 0 aliphatic carbocycles. The molecule has 0 saturated carbocycles. The Hall–Kier alpha value is -1.17. The first kappa shape index (κ1) is 12.9. The van der Waals surface area contributed by atoms with Gasteiger partial charge >= 0.3 is 12.1 Å². The number of carbonyl (C=O) groups is 2. The van der Waals surface area contributed by atoms with Crippen LogP contribution in [0.1, 0.15) is 6.92 Å². The van der Waals surface area contributed by atoms with Crippen LogP contribution in [0.15, 0.2) is 12.7 Å². The smallest absolute Gasteiger partial charge is 0.411 e. The van der Waals surface area contributed by atoms with Crippen molar-refractivity contribution in [2.24, 2.45) is 0 Å². The van der Waals surface area contributed by atoms with Crippen LogP contribution in [-0.2, 0) is 9.53 Å². The number of aliphatic carboxylic acids is 1. The van der Waals surface area contributed by atoms with E-state index in [9.17, 15) is 9.59 Å². The summed E-state index contributed by atoms with van der Waals surface area (Å²) in [6.45, 7) is 5.35. The molecule has 1 aliphatic heterocycles. The first-order chi connectivity index (χ1) is 7.57. The first-order valence-electron chi connectivity index (χ1n) is 4.94. The molecule has 1 heterocycles. The fraction of sp³-hybridized carbons (Fsp3) is 0.600. The Morgan fingerprint density at radius 2 is 2.31 bits per heavy atom. The number of thioether (sulfide) groups is 1. The Morgan fingerprint density at radius 1 is 1.62 bits per heavy atom. The Labute approximate surface area is 98.4 Å². The van der Waals surface area contributed by atoms with Crippen molar-refractivity contribution >= 4 is 23.8 Å². The lowest BCUT2D eigenvalue weighted by atomic mass is 10.2. The Balaban J connectivity index is 2.73. The van der Waals surface area contributed by atoms with E-state index in [-0.39, 0.29) is 12.6 Å². The van der Waals surface area contributed by atoms with Gasteiger partial charge in [0.2, 0.25) is 0 Å². The molecule has 16 heavy (non-hydrogen) atoms. The SMILES string of the molecule is C=CCOC(=O)N1C(C)CSCC1C(=O)O. The highest BCUT2D eigenvalue weighted by Crippen LogP contribution is 2.22. The van der Waals surface area contributed by atoms with Gasteiger partial charge in [-0.25, -0.2) is 9.59 Å². The second-order valence-corrected chi connectivity index (χ2v) is 4.59. The number of amides is 1. The number of hydrogen-bond acceptors (Lipinski definition) is 4. The van der Waals surface area contributed by atoms with E-state index in [1.165, 1.54) is 22.7 Å². The fourth-order valence-corrected chi connectivity index (χ4v) is 2.68. The van der Waals surface area contributed by atoms with Gasteiger partial charge in [-0.15, -0.1) is 0 Å². The molecular weight excluding hydrogens is 230 g/mol. The maximum Gasteiger partial charge on any atom is 0.411 e. The molecule has 1 aliphatic rings. The van der Waals surface area contributed by atoms with E-state index >= 15 is 0 Å². The van der Waals surface area contributed by atoms with Crippen LogP contribution in [0.2, 0.25) is 0 Å². The van der Waals surface area contributed by atoms with Gasteiger partial charge in [-0.2, -0.15) is 11.8 Å². The van der Waals surface area contributed by atoms with Gasteiger partial charge in [0.25, 0.3) is 0 Å². The van der Waals surface area contributed by atoms with Crippen molar-refractivity contribution in [1.29, 1.82) is 0 Å². The van der Waals surface area contributed by atoms with Crippen molar-refractivity contribution in [2.45, 2.75) is 19.0 Å². The van der Waals surface area contributed by atoms with Gasteiger partial charge < -0.3 is 9.84 Å². The highest BCUT2D eigenvalue weighted by Gasteiger charge is 2.37. The Morgan fingerprint density at radius 3 is 2.88 bits per heavy atom. The van der Waals surface area contributed by atoms with Crippen molar-refractivity contribution in [2.75, 3.05) is 18.1 Å². The van der Waals surface area contributed by atoms with Gasteiger partial charge in [0.1, 0.15) is 12.6 Å². The van der Waals surface area contributed by atoms with E-state index < -0.39 is 18.1 Å². The quantitative estimate of drug-likeness (QED) is 0.757. The molecule has 0 spiro atoms. The van der Waals surface area contributed by atoms with Crippen molar-refractivity contribution < 1.29 is 19.4 Å². The van der Waals surface area contributed by atoms with E-state index in [0.717, 1.165) is 5.75 Å². The average molecular weight is 245 g/mol. The summed E-state index contributed by atoms with van der Waals surface area (Å²) >= 11 is 1.53. The number of carboxylic acids is 1. The number of nitrogens with zero attached hydrogens (tertiary/aromatic N) is 1. The summed E-state index contributed by atoms with van der Waals surface area (Å²) in [4.78, 5) is 24.0. The van der Waals surface area contributed by atoms with Gasteiger partial charge in [-0.3, -0.25) is 4.90 Å². The lowest BCUT2D eigenvalue weighted by Gasteiger charge is -2.36. The summed E-state index contributed by atoms with van der Waals surface area (Å²) in [5, 5.41) is 9.02. The van der Waals surface area contributed by atoms with Crippen LogP contribution in [0.5, 0.6) is 0 Å². The lowest BCUT2D eigenvalue weighted by molar-refractivity contribution is -0.142. The van der Waals surface area contributed by atoms with Gasteiger partial charge in [-0.1, -0.05) is 12.7 Å². The number of carboxylic acid groups (broad SMARTS) is 1.